The molecule has 7 heteroatoms. The number of nitrogens with zero attached hydrogens (tertiary/aromatic N) is 2. The largest absolute Gasteiger partial charge is 0.322 e. The molecular formula is C17H20F2N4O. The fraction of sp³-hybridized carbons (Fsp3) is 0.412. The zero-order valence-electron chi connectivity index (χ0n) is 13.9. The van der Waals surface area contributed by atoms with Crippen LogP contribution in [-0.4, -0.2) is 27.7 Å². The van der Waals surface area contributed by atoms with Crippen LogP contribution in [0.25, 0.3) is 0 Å². The van der Waals surface area contributed by atoms with E-state index in [-0.39, 0.29) is 17.1 Å². The quantitative estimate of drug-likeness (QED) is 0.837. The first kappa shape index (κ1) is 16.4. The van der Waals surface area contributed by atoms with Gasteiger partial charge in [0.2, 0.25) is 0 Å². The molecular weight excluding hydrogens is 314 g/mol. The van der Waals surface area contributed by atoms with Crippen LogP contribution in [0, 0.1) is 11.6 Å². The van der Waals surface area contributed by atoms with E-state index in [0.717, 1.165) is 29.1 Å². The molecule has 24 heavy (non-hydrogen) atoms. The minimum Gasteiger partial charge on any atom is -0.320 e. The number of aromatic nitrogens is 2. The standard InChI is InChI=1S/C17H20F2N4O/c1-17(2,3)15-11-9-23(7-6-14(11)21-22-15)16(24)20-10-4-5-12(18)13(19)8-10/h4-5,8H,6-7,9H2,1-3H3,(H,20,24)(H,21,22). The number of nitrogens with one attached hydrogen (secondary N) is 2. The van der Waals surface area contributed by atoms with Gasteiger partial charge in [-0.15, -0.1) is 0 Å². The Labute approximate surface area is 139 Å². The van der Waals surface area contributed by atoms with Gasteiger partial charge in [-0.3, -0.25) is 5.10 Å². The highest BCUT2D eigenvalue weighted by Crippen LogP contribution is 2.29. The topological polar surface area (TPSA) is 61.0 Å². The fourth-order valence-corrected chi connectivity index (χ4v) is 2.87. The number of H-pyrrole nitrogens is 1. The maximum absolute atomic E-state index is 13.3. The molecule has 5 nitrogen and oxygen atoms in total. The normalized spacial score (nSPS) is 14.5. The lowest BCUT2D eigenvalue weighted by Crippen LogP contribution is -2.39. The molecule has 128 valence electrons. The summed E-state index contributed by atoms with van der Waals surface area (Å²) in [6, 6.07) is 2.96. The highest BCUT2D eigenvalue weighted by molar-refractivity contribution is 5.89. The van der Waals surface area contributed by atoms with Crippen molar-refractivity contribution >= 4 is 11.7 Å². The number of benzene rings is 1. The molecule has 0 aliphatic carbocycles. The van der Waals surface area contributed by atoms with E-state index >= 15 is 0 Å². The maximum atomic E-state index is 13.3. The Kier molecular flexibility index (Phi) is 4.03. The maximum Gasteiger partial charge on any atom is 0.322 e. The minimum atomic E-state index is -0.987. The molecule has 0 fully saturated rings. The second-order valence-corrected chi connectivity index (χ2v) is 7.01. The van der Waals surface area contributed by atoms with Crippen molar-refractivity contribution in [3.05, 3.63) is 46.8 Å². The summed E-state index contributed by atoms with van der Waals surface area (Å²) in [5, 5.41) is 10.1. The summed E-state index contributed by atoms with van der Waals surface area (Å²) in [6.07, 6.45) is 0.684. The van der Waals surface area contributed by atoms with E-state index in [1.807, 2.05) is 0 Å². The van der Waals surface area contributed by atoms with Gasteiger partial charge in [-0.2, -0.15) is 5.10 Å². The van der Waals surface area contributed by atoms with Crippen LogP contribution in [0.15, 0.2) is 18.2 Å². The molecule has 2 aromatic rings. The van der Waals surface area contributed by atoms with E-state index in [1.165, 1.54) is 6.07 Å². The molecule has 0 saturated carbocycles. The number of anilines is 1. The summed E-state index contributed by atoms with van der Waals surface area (Å²) in [4.78, 5) is 14.1. The number of aromatic amines is 1. The Morgan fingerprint density at radius 2 is 2.04 bits per heavy atom. The summed E-state index contributed by atoms with van der Waals surface area (Å²) < 4.78 is 26.2. The van der Waals surface area contributed by atoms with Crippen molar-refractivity contribution in [2.75, 3.05) is 11.9 Å². The van der Waals surface area contributed by atoms with Crippen LogP contribution in [0.2, 0.25) is 0 Å². The van der Waals surface area contributed by atoms with Crippen LogP contribution in [0.5, 0.6) is 0 Å². The Morgan fingerprint density at radius 3 is 2.71 bits per heavy atom. The van der Waals surface area contributed by atoms with Gasteiger partial charge in [-0.25, -0.2) is 13.6 Å². The van der Waals surface area contributed by atoms with Crippen LogP contribution in [0.4, 0.5) is 19.3 Å². The zero-order chi connectivity index (χ0) is 17.5. The van der Waals surface area contributed by atoms with Crippen molar-refractivity contribution < 1.29 is 13.6 Å². The lowest BCUT2D eigenvalue weighted by atomic mass is 9.87. The number of carbonyl (C=O) groups excluding carboxylic acids is 1. The third kappa shape index (κ3) is 3.11. The highest BCUT2D eigenvalue weighted by Gasteiger charge is 2.29. The van der Waals surface area contributed by atoms with Crippen LogP contribution in [0.3, 0.4) is 0 Å². The van der Waals surface area contributed by atoms with Gasteiger partial charge in [0, 0.05) is 41.4 Å². The molecule has 1 aliphatic heterocycles. The van der Waals surface area contributed by atoms with Gasteiger partial charge >= 0.3 is 6.03 Å². The van der Waals surface area contributed by atoms with E-state index < -0.39 is 11.6 Å². The van der Waals surface area contributed by atoms with Crippen LogP contribution >= 0.6 is 0 Å². The molecule has 2 amide bonds. The Hall–Kier alpha value is -2.44. The second-order valence-electron chi connectivity index (χ2n) is 7.01. The first-order valence-electron chi connectivity index (χ1n) is 7.83. The summed E-state index contributed by atoms with van der Waals surface area (Å²) in [7, 11) is 0. The van der Waals surface area contributed by atoms with E-state index in [1.54, 1.807) is 4.90 Å². The van der Waals surface area contributed by atoms with Crippen molar-refractivity contribution in [3.63, 3.8) is 0 Å². The average molecular weight is 334 g/mol. The summed E-state index contributed by atoms with van der Waals surface area (Å²) in [6.45, 7) is 7.19. The molecule has 3 rings (SSSR count). The monoisotopic (exact) mass is 334 g/mol. The first-order chi connectivity index (χ1) is 11.3. The van der Waals surface area contributed by atoms with Gasteiger partial charge in [0.25, 0.3) is 0 Å². The van der Waals surface area contributed by atoms with E-state index in [2.05, 4.69) is 36.3 Å². The Morgan fingerprint density at radius 1 is 1.29 bits per heavy atom. The van der Waals surface area contributed by atoms with Gasteiger partial charge < -0.3 is 10.2 Å². The smallest absolute Gasteiger partial charge is 0.320 e. The second kappa shape index (κ2) is 5.89. The first-order valence-corrected chi connectivity index (χ1v) is 7.83. The number of urea groups is 1. The molecule has 1 aromatic heterocycles. The SMILES string of the molecule is CC(C)(C)c1n[nH]c2c1CN(C(=O)Nc1ccc(F)c(F)c1)CC2. The van der Waals surface area contributed by atoms with E-state index in [9.17, 15) is 13.6 Å². The van der Waals surface area contributed by atoms with Gasteiger partial charge in [-0.1, -0.05) is 20.8 Å². The highest BCUT2D eigenvalue weighted by atomic mass is 19.2. The van der Waals surface area contributed by atoms with E-state index in [4.69, 9.17) is 0 Å². The van der Waals surface area contributed by atoms with Gasteiger partial charge in [-0.05, 0) is 12.1 Å². The predicted molar refractivity (Wildman–Crippen MR) is 86.8 cm³/mol. The number of amides is 2. The number of fused-ring (bicyclic) bond motifs is 1. The fourth-order valence-electron chi connectivity index (χ4n) is 2.87. The summed E-state index contributed by atoms with van der Waals surface area (Å²) >= 11 is 0. The summed E-state index contributed by atoms with van der Waals surface area (Å²) in [5.41, 5.74) is 3.14. The average Bonchev–Trinajstić information content (AvgIpc) is 2.94. The lowest BCUT2D eigenvalue weighted by molar-refractivity contribution is 0.205. The number of rotatable bonds is 1. The number of hydrogen-bond donors (Lipinski definition) is 2. The van der Waals surface area contributed by atoms with Gasteiger partial charge in [0.15, 0.2) is 11.6 Å². The van der Waals surface area contributed by atoms with Crippen LogP contribution in [0.1, 0.15) is 37.7 Å². The van der Waals surface area contributed by atoms with Crippen molar-refractivity contribution in [1.29, 1.82) is 0 Å². The molecule has 2 N–H and O–H groups in total. The molecule has 0 bridgehead atoms. The zero-order valence-corrected chi connectivity index (χ0v) is 13.9. The van der Waals surface area contributed by atoms with Crippen molar-refractivity contribution in [3.8, 4) is 0 Å². The third-order valence-corrected chi connectivity index (χ3v) is 4.10. The molecule has 1 aromatic carbocycles. The molecule has 2 heterocycles. The molecule has 0 radical (unpaired) electrons. The number of halogens is 2. The molecule has 0 unspecified atom stereocenters. The van der Waals surface area contributed by atoms with Crippen molar-refractivity contribution in [2.45, 2.75) is 39.2 Å². The minimum absolute atomic E-state index is 0.121. The van der Waals surface area contributed by atoms with Gasteiger partial charge in [0.1, 0.15) is 0 Å². The molecule has 1 aliphatic rings. The van der Waals surface area contributed by atoms with Gasteiger partial charge in [0.05, 0.1) is 12.2 Å². The molecule has 0 spiro atoms. The number of carbonyl (C=O) groups is 1. The van der Waals surface area contributed by atoms with Crippen LogP contribution in [-0.2, 0) is 18.4 Å². The molecule has 0 saturated heterocycles. The Bertz CT molecular complexity index is 779. The number of hydrogen-bond acceptors (Lipinski definition) is 2. The van der Waals surface area contributed by atoms with Crippen LogP contribution < -0.4 is 5.32 Å². The third-order valence-electron chi connectivity index (χ3n) is 4.10. The summed E-state index contributed by atoms with van der Waals surface area (Å²) in [5.74, 6) is -1.93. The Balaban J connectivity index is 1.76. The van der Waals surface area contributed by atoms with E-state index in [0.29, 0.717) is 19.5 Å². The predicted octanol–water partition coefficient (Wildman–Crippen LogP) is 3.58. The van der Waals surface area contributed by atoms with Crippen molar-refractivity contribution in [1.82, 2.24) is 15.1 Å². The lowest BCUT2D eigenvalue weighted by Gasteiger charge is -2.29. The van der Waals surface area contributed by atoms with Crippen molar-refractivity contribution in [2.24, 2.45) is 0 Å². The molecule has 0 atom stereocenters.